The molecule has 2 aromatic rings. The van der Waals surface area contributed by atoms with E-state index >= 15 is 0 Å². The van der Waals surface area contributed by atoms with Crippen LogP contribution < -0.4 is 10.1 Å². The highest BCUT2D eigenvalue weighted by Crippen LogP contribution is 2.20. The highest BCUT2D eigenvalue weighted by molar-refractivity contribution is 5.29. The Morgan fingerprint density at radius 1 is 1.19 bits per heavy atom. The molecular formula is C17H25N3O. The van der Waals surface area contributed by atoms with Gasteiger partial charge in [0.1, 0.15) is 5.75 Å². The molecule has 0 radical (unpaired) electrons. The number of benzene rings is 1. The van der Waals surface area contributed by atoms with Crippen LogP contribution in [0.1, 0.15) is 36.8 Å². The summed E-state index contributed by atoms with van der Waals surface area (Å²) in [5, 5.41) is 7.89. The summed E-state index contributed by atoms with van der Waals surface area (Å²) in [4.78, 5) is 0. The van der Waals surface area contributed by atoms with E-state index in [-0.39, 0.29) is 12.1 Å². The Bertz CT molecular complexity index is 572. The summed E-state index contributed by atoms with van der Waals surface area (Å²) < 4.78 is 7.74. The van der Waals surface area contributed by atoms with Gasteiger partial charge >= 0.3 is 0 Å². The van der Waals surface area contributed by atoms with Gasteiger partial charge in [-0.05, 0) is 58.5 Å². The molecule has 0 spiro atoms. The minimum atomic E-state index is 0.200. The summed E-state index contributed by atoms with van der Waals surface area (Å²) in [7, 11) is 1.98. The molecule has 1 N–H and O–H groups in total. The van der Waals surface area contributed by atoms with Gasteiger partial charge in [0.15, 0.2) is 0 Å². The zero-order valence-electron chi connectivity index (χ0n) is 13.6. The molecule has 0 bridgehead atoms. The molecule has 114 valence electrons. The molecule has 0 aliphatic heterocycles. The predicted octanol–water partition coefficient (Wildman–Crippen LogP) is 3.25. The molecule has 0 aliphatic rings. The molecule has 1 aromatic heterocycles. The van der Waals surface area contributed by atoms with Gasteiger partial charge in [-0.2, -0.15) is 5.10 Å². The van der Waals surface area contributed by atoms with E-state index in [2.05, 4.69) is 40.2 Å². The van der Waals surface area contributed by atoms with Crippen LogP contribution in [0, 0.1) is 13.8 Å². The Hall–Kier alpha value is -1.81. The standard InChI is InChI=1S/C17H25N3O/c1-12(2)21-16-8-6-15(7-9-16)17(18-5)11-20-14(4)10-13(3)19-20/h6-10,12,17-18H,11H2,1-5H3. The third-order valence-electron chi connectivity index (χ3n) is 3.46. The molecule has 21 heavy (non-hydrogen) atoms. The van der Waals surface area contributed by atoms with Crippen LogP contribution in [0.15, 0.2) is 30.3 Å². The quantitative estimate of drug-likeness (QED) is 0.886. The van der Waals surface area contributed by atoms with E-state index in [1.54, 1.807) is 0 Å². The van der Waals surface area contributed by atoms with Crippen LogP contribution in [0.25, 0.3) is 0 Å². The van der Waals surface area contributed by atoms with Crippen molar-refractivity contribution in [3.05, 3.63) is 47.3 Å². The van der Waals surface area contributed by atoms with Gasteiger partial charge in [-0.25, -0.2) is 0 Å². The molecule has 0 saturated carbocycles. The molecule has 4 heteroatoms. The Morgan fingerprint density at radius 3 is 2.33 bits per heavy atom. The lowest BCUT2D eigenvalue weighted by Gasteiger charge is -2.18. The van der Waals surface area contributed by atoms with Gasteiger partial charge in [-0.3, -0.25) is 4.68 Å². The largest absolute Gasteiger partial charge is 0.491 e. The first kappa shape index (κ1) is 15.6. The zero-order chi connectivity index (χ0) is 15.4. The van der Waals surface area contributed by atoms with E-state index < -0.39 is 0 Å². The van der Waals surface area contributed by atoms with Gasteiger partial charge in [0, 0.05) is 5.69 Å². The Kier molecular flexibility index (Phi) is 5.02. The van der Waals surface area contributed by atoms with Crippen molar-refractivity contribution in [1.29, 1.82) is 0 Å². The van der Waals surface area contributed by atoms with Gasteiger partial charge in [0.25, 0.3) is 0 Å². The van der Waals surface area contributed by atoms with Gasteiger partial charge in [-0.15, -0.1) is 0 Å². The topological polar surface area (TPSA) is 39.1 Å². The second-order valence-electron chi connectivity index (χ2n) is 5.69. The molecular weight excluding hydrogens is 262 g/mol. The first-order chi connectivity index (χ1) is 9.99. The average Bonchev–Trinajstić information content (AvgIpc) is 2.74. The van der Waals surface area contributed by atoms with Crippen LogP contribution in [-0.4, -0.2) is 22.9 Å². The molecule has 0 aliphatic carbocycles. The minimum absolute atomic E-state index is 0.200. The fourth-order valence-corrected chi connectivity index (χ4v) is 2.45. The highest BCUT2D eigenvalue weighted by Gasteiger charge is 2.12. The van der Waals surface area contributed by atoms with E-state index in [0.29, 0.717) is 0 Å². The van der Waals surface area contributed by atoms with Crippen molar-refractivity contribution in [3.63, 3.8) is 0 Å². The maximum absolute atomic E-state index is 5.69. The maximum atomic E-state index is 5.69. The molecule has 1 heterocycles. The van der Waals surface area contributed by atoms with Crippen molar-refractivity contribution in [2.75, 3.05) is 7.05 Å². The lowest BCUT2D eigenvalue weighted by Crippen LogP contribution is -2.23. The first-order valence-electron chi connectivity index (χ1n) is 7.44. The molecule has 4 nitrogen and oxygen atoms in total. The summed E-state index contributed by atoms with van der Waals surface area (Å²) in [5.41, 5.74) is 3.48. The Morgan fingerprint density at radius 2 is 1.86 bits per heavy atom. The van der Waals surface area contributed by atoms with Crippen molar-refractivity contribution in [1.82, 2.24) is 15.1 Å². The number of hydrogen-bond acceptors (Lipinski definition) is 3. The fraction of sp³-hybridized carbons (Fsp3) is 0.471. The average molecular weight is 287 g/mol. The van der Waals surface area contributed by atoms with Gasteiger partial charge in [0.05, 0.1) is 24.4 Å². The van der Waals surface area contributed by atoms with Crippen molar-refractivity contribution >= 4 is 0 Å². The van der Waals surface area contributed by atoms with Gasteiger partial charge < -0.3 is 10.1 Å². The number of ether oxygens (including phenoxy) is 1. The van der Waals surface area contributed by atoms with Crippen LogP contribution in [-0.2, 0) is 6.54 Å². The third kappa shape index (κ3) is 4.08. The van der Waals surface area contributed by atoms with Crippen molar-refractivity contribution in [2.24, 2.45) is 0 Å². The lowest BCUT2D eigenvalue weighted by atomic mass is 10.1. The Balaban J connectivity index is 2.12. The van der Waals surface area contributed by atoms with Crippen LogP contribution in [0.4, 0.5) is 0 Å². The second kappa shape index (κ2) is 6.76. The summed E-state index contributed by atoms with van der Waals surface area (Å²) in [5.74, 6) is 0.912. The van der Waals surface area contributed by atoms with Crippen LogP contribution in [0.3, 0.4) is 0 Å². The number of aromatic nitrogens is 2. The normalized spacial score (nSPS) is 12.7. The predicted molar refractivity (Wildman–Crippen MR) is 85.7 cm³/mol. The molecule has 1 atom stereocenters. The van der Waals surface area contributed by atoms with E-state index in [4.69, 9.17) is 4.74 Å². The maximum Gasteiger partial charge on any atom is 0.119 e. The van der Waals surface area contributed by atoms with Crippen LogP contribution in [0.2, 0.25) is 0 Å². The number of nitrogens with one attached hydrogen (secondary N) is 1. The van der Waals surface area contributed by atoms with E-state index in [0.717, 1.165) is 18.0 Å². The van der Waals surface area contributed by atoms with Crippen molar-refractivity contribution < 1.29 is 4.74 Å². The number of rotatable bonds is 6. The van der Waals surface area contributed by atoms with Gasteiger partial charge in [-0.1, -0.05) is 12.1 Å². The minimum Gasteiger partial charge on any atom is -0.491 e. The second-order valence-corrected chi connectivity index (χ2v) is 5.69. The highest BCUT2D eigenvalue weighted by atomic mass is 16.5. The molecule has 0 amide bonds. The number of hydrogen-bond donors (Lipinski definition) is 1. The van der Waals surface area contributed by atoms with E-state index in [9.17, 15) is 0 Å². The fourth-order valence-electron chi connectivity index (χ4n) is 2.45. The number of nitrogens with zero attached hydrogens (tertiary/aromatic N) is 2. The lowest BCUT2D eigenvalue weighted by molar-refractivity contribution is 0.242. The zero-order valence-corrected chi connectivity index (χ0v) is 13.6. The Labute approximate surface area is 127 Å². The summed E-state index contributed by atoms with van der Waals surface area (Å²) in [6, 6.07) is 10.6. The monoisotopic (exact) mass is 287 g/mol. The molecule has 1 unspecified atom stereocenters. The first-order valence-corrected chi connectivity index (χ1v) is 7.44. The summed E-state index contributed by atoms with van der Waals surface area (Å²) >= 11 is 0. The van der Waals surface area contributed by atoms with E-state index in [1.807, 2.05) is 40.0 Å². The summed E-state index contributed by atoms with van der Waals surface area (Å²) in [6.45, 7) is 9.00. The third-order valence-corrected chi connectivity index (χ3v) is 3.46. The molecule has 2 rings (SSSR count). The van der Waals surface area contributed by atoms with E-state index in [1.165, 1.54) is 11.3 Å². The number of aryl methyl sites for hydroxylation is 2. The molecule has 1 aromatic carbocycles. The van der Waals surface area contributed by atoms with Crippen molar-refractivity contribution in [3.8, 4) is 5.75 Å². The van der Waals surface area contributed by atoms with Crippen LogP contribution in [0.5, 0.6) is 5.75 Å². The molecule has 0 fully saturated rings. The smallest absolute Gasteiger partial charge is 0.119 e. The molecule has 0 saturated heterocycles. The van der Waals surface area contributed by atoms with Crippen molar-refractivity contribution in [2.45, 2.75) is 46.4 Å². The number of likely N-dealkylation sites (N-methyl/N-ethyl adjacent to an activating group) is 1. The summed E-state index contributed by atoms with van der Waals surface area (Å²) in [6.07, 6.45) is 0.200. The SMILES string of the molecule is CNC(Cn1nc(C)cc1C)c1ccc(OC(C)C)cc1. The van der Waals surface area contributed by atoms with Crippen LogP contribution >= 0.6 is 0 Å². The van der Waals surface area contributed by atoms with Gasteiger partial charge in [0.2, 0.25) is 0 Å².